The first kappa shape index (κ1) is 24.0. The van der Waals surface area contributed by atoms with Crippen LogP contribution in [0, 0.1) is 17.0 Å². The second-order valence-electron chi connectivity index (χ2n) is 7.98. The van der Waals surface area contributed by atoms with Crippen LogP contribution in [0.15, 0.2) is 88.7 Å². The lowest BCUT2D eigenvalue weighted by Gasteiger charge is -2.07. The lowest BCUT2D eigenvalue weighted by molar-refractivity contribution is -0.384. The first-order valence-corrected chi connectivity index (χ1v) is 10.8. The van der Waals surface area contributed by atoms with E-state index in [1.54, 1.807) is 37.4 Å². The highest BCUT2D eigenvalue weighted by Crippen LogP contribution is 2.38. The van der Waals surface area contributed by atoms with Crippen molar-refractivity contribution in [2.45, 2.75) is 6.92 Å². The molecular weight excluding hydrogens is 462 g/mol. The number of nitrogens with zero attached hydrogens (tertiary/aromatic N) is 4. The van der Waals surface area contributed by atoms with Gasteiger partial charge in [0.25, 0.3) is 11.6 Å². The van der Waals surface area contributed by atoms with Gasteiger partial charge < -0.3 is 15.0 Å². The number of carbonyl (C=O) groups is 2. The number of nitro groups is 1. The lowest BCUT2D eigenvalue weighted by Crippen LogP contribution is -2.26. The molecule has 1 heterocycles. The fourth-order valence-corrected chi connectivity index (χ4v) is 3.57. The van der Waals surface area contributed by atoms with E-state index in [0.717, 1.165) is 5.56 Å². The van der Waals surface area contributed by atoms with Crippen molar-refractivity contribution in [3.05, 3.63) is 105 Å². The molecule has 4 rings (SSSR count). The van der Waals surface area contributed by atoms with Crippen LogP contribution < -0.4 is 5.32 Å². The van der Waals surface area contributed by atoms with Crippen LogP contribution >= 0.6 is 0 Å². The zero-order valence-electron chi connectivity index (χ0n) is 19.4. The summed E-state index contributed by atoms with van der Waals surface area (Å²) in [5, 5.41) is 32.4. The van der Waals surface area contributed by atoms with E-state index in [9.17, 15) is 24.8 Å². The van der Waals surface area contributed by atoms with Crippen LogP contribution in [-0.4, -0.2) is 26.4 Å². The number of aromatic nitrogens is 1. The number of azo groups is 1. The third kappa shape index (κ3) is 5.02. The Labute approximate surface area is 205 Å². The van der Waals surface area contributed by atoms with Crippen molar-refractivity contribution >= 4 is 40.2 Å². The van der Waals surface area contributed by atoms with Crippen molar-refractivity contribution in [1.29, 1.82) is 0 Å². The molecule has 0 unspecified atom stereocenters. The van der Waals surface area contributed by atoms with E-state index < -0.39 is 16.7 Å². The van der Waals surface area contributed by atoms with Crippen molar-refractivity contribution in [2.75, 3.05) is 0 Å². The molecule has 0 spiro atoms. The largest absolute Gasteiger partial charge is 0.493 e. The predicted octanol–water partition coefficient (Wildman–Crippen LogP) is 5.18. The van der Waals surface area contributed by atoms with Gasteiger partial charge in [-0.1, -0.05) is 29.8 Å². The Balaban J connectivity index is 1.70. The van der Waals surface area contributed by atoms with Crippen LogP contribution in [0.3, 0.4) is 0 Å². The summed E-state index contributed by atoms with van der Waals surface area (Å²) < 4.78 is 1.53. The summed E-state index contributed by atoms with van der Waals surface area (Å²) in [5.41, 5.74) is 2.19. The number of hydrogen-bond acceptors (Lipinski definition) is 6. The highest BCUT2D eigenvalue weighted by atomic mass is 16.6. The van der Waals surface area contributed by atoms with Gasteiger partial charge in [0.15, 0.2) is 5.69 Å². The molecule has 0 fully saturated rings. The van der Waals surface area contributed by atoms with Crippen molar-refractivity contribution in [1.82, 2.24) is 9.88 Å². The predicted molar refractivity (Wildman–Crippen MR) is 134 cm³/mol. The van der Waals surface area contributed by atoms with Gasteiger partial charge in [0, 0.05) is 30.1 Å². The summed E-state index contributed by atoms with van der Waals surface area (Å²) in [6, 6.07) is 19.3. The topological polar surface area (TPSA) is 139 Å². The van der Waals surface area contributed by atoms with Gasteiger partial charge in [-0.25, -0.2) is 0 Å². The number of nitrogens with one attached hydrogen (secondary N) is 1. The number of amides is 2. The van der Waals surface area contributed by atoms with Crippen LogP contribution in [0.5, 0.6) is 5.88 Å². The fraction of sp³-hybridized carbons (Fsp3) is 0.0769. The first-order valence-electron chi connectivity index (χ1n) is 10.8. The van der Waals surface area contributed by atoms with Crippen molar-refractivity contribution in [3.8, 4) is 5.88 Å². The Morgan fingerprint density at radius 1 is 1.06 bits per heavy atom. The van der Waals surface area contributed by atoms with E-state index in [4.69, 9.17) is 0 Å². The van der Waals surface area contributed by atoms with Crippen LogP contribution in [0.4, 0.5) is 11.4 Å². The van der Waals surface area contributed by atoms with Gasteiger partial charge in [-0.15, -0.1) is 10.2 Å². The second-order valence-corrected chi connectivity index (χ2v) is 7.98. The normalized spacial score (nSPS) is 11.7. The average molecular weight is 483 g/mol. The van der Waals surface area contributed by atoms with E-state index >= 15 is 0 Å². The molecule has 0 aliphatic carbocycles. The van der Waals surface area contributed by atoms with E-state index in [0.29, 0.717) is 22.0 Å². The van der Waals surface area contributed by atoms with Crippen molar-refractivity contribution < 1.29 is 19.6 Å². The number of hydrogen-bond donors (Lipinski definition) is 2. The molecule has 2 amide bonds. The van der Waals surface area contributed by atoms with Crippen LogP contribution in [0.25, 0.3) is 17.0 Å². The maximum atomic E-state index is 13.0. The van der Waals surface area contributed by atoms with E-state index in [1.165, 1.54) is 34.9 Å². The van der Waals surface area contributed by atoms with Gasteiger partial charge in [-0.2, -0.15) is 0 Å². The first-order chi connectivity index (χ1) is 17.2. The van der Waals surface area contributed by atoms with E-state index in [-0.39, 0.29) is 23.0 Å². The summed E-state index contributed by atoms with van der Waals surface area (Å²) in [5.74, 6) is -1.58. The van der Waals surface area contributed by atoms with E-state index in [2.05, 4.69) is 15.5 Å². The molecular formula is C26H21N5O5. The van der Waals surface area contributed by atoms with Crippen LogP contribution in [-0.2, 0) is 11.8 Å². The minimum Gasteiger partial charge on any atom is -0.493 e. The molecule has 0 saturated carbocycles. The second kappa shape index (κ2) is 10.0. The molecule has 180 valence electrons. The molecule has 2 N–H and O–H groups in total. The Morgan fingerprint density at radius 2 is 1.75 bits per heavy atom. The number of aryl methyl sites for hydroxylation is 2. The molecule has 0 saturated heterocycles. The molecule has 10 heteroatoms. The highest BCUT2D eigenvalue weighted by molar-refractivity contribution is 6.05. The molecule has 0 aliphatic heterocycles. The summed E-state index contributed by atoms with van der Waals surface area (Å²) in [4.78, 5) is 36.2. The zero-order chi connectivity index (χ0) is 25.8. The summed E-state index contributed by atoms with van der Waals surface area (Å²) in [6.07, 6.45) is 1.35. The van der Waals surface area contributed by atoms with Gasteiger partial charge in [0.1, 0.15) is 5.70 Å². The molecule has 0 aliphatic rings. The minimum absolute atomic E-state index is 0.116. The van der Waals surface area contributed by atoms with Crippen LogP contribution in [0.1, 0.15) is 21.5 Å². The third-order valence-corrected chi connectivity index (χ3v) is 5.47. The van der Waals surface area contributed by atoms with Crippen molar-refractivity contribution in [3.63, 3.8) is 0 Å². The molecule has 4 aromatic rings. The van der Waals surface area contributed by atoms with Crippen molar-refractivity contribution in [2.24, 2.45) is 17.3 Å². The molecule has 1 aromatic heterocycles. The number of benzene rings is 3. The Bertz CT molecular complexity index is 1540. The molecule has 0 radical (unpaired) electrons. The SMILES string of the molecule is Cc1ccc2c(c1)c(N=NC(=O)C(=Cc1ccc([N+](=O)[O-])cc1)NC(=O)c1ccccc1)c(O)n2C. The lowest BCUT2D eigenvalue weighted by atomic mass is 10.1. The monoisotopic (exact) mass is 483 g/mol. The Hall–Kier alpha value is -5.12. The van der Waals surface area contributed by atoms with Gasteiger partial charge >= 0.3 is 5.91 Å². The molecule has 3 aromatic carbocycles. The Kier molecular flexibility index (Phi) is 6.68. The molecule has 0 bridgehead atoms. The third-order valence-electron chi connectivity index (χ3n) is 5.47. The minimum atomic E-state index is -0.873. The molecule has 36 heavy (non-hydrogen) atoms. The van der Waals surface area contributed by atoms with Gasteiger partial charge in [-0.05, 0) is 55.0 Å². The number of non-ortho nitro benzene ring substituents is 1. The Morgan fingerprint density at radius 3 is 2.42 bits per heavy atom. The summed E-state index contributed by atoms with van der Waals surface area (Å²) >= 11 is 0. The maximum absolute atomic E-state index is 13.0. The highest BCUT2D eigenvalue weighted by Gasteiger charge is 2.18. The number of fused-ring (bicyclic) bond motifs is 1. The van der Waals surface area contributed by atoms with Gasteiger partial charge in [-0.3, -0.25) is 19.7 Å². The van der Waals surface area contributed by atoms with Crippen LogP contribution in [0.2, 0.25) is 0 Å². The number of nitro benzene ring substituents is 1. The zero-order valence-corrected chi connectivity index (χ0v) is 19.4. The summed E-state index contributed by atoms with van der Waals surface area (Å²) in [6.45, 7) is 1.89. The van der Waals surface area contributed by atoms with Gasteiger partial charge in [0.05, 0.1) is 10.4 Å². The average Bonchev–Trinajstić information content (AvgIpc) is 3.11. The standard InChI is InChI=1S/C26H21N5O5/c1-16-8-13-22-20(14-16)23(26(34)30(22)2)28-29-25(33)21(27-24(32)18-6-4-3-5-7-18)15-17-9-11-19(12-10-17)31(35)36/h3-15,34H,1-2H3,(H,27,32). The number of aromatic hydroxyl groups is 1. The summed E-state index contributed by atoms with van der Waals surface area (Å²) in [7, 11) is 1.66. The number of carbonyl (C=O) groups excluding carboxylic acids is 2. The van der Waals surface area contributed by atoms with E-state index in [1.807, 2.05) is 25.1 Å². The van der Waals surface area contributed by atoms with Gasteiger partial charge in [0.2, 0.25) is 5.88 Å². The molecule has 0 atom stereocenters. The quantitative estimate of drug-likeness (QED) is 0.168. The fourth-order valence-electron chi connectivity index (χ4n) is 3.57. The maximum Gasteiger partial charge on any atom is 0.311 e. The number of rotatable bonds is 6. The molecule has 10 nitrogen and oxygen atoms in total. The smallest absolute Gasteiger partial charge is 0.311 e.